The van der Waals surface area contributed by atoms with Crippen LogP contribution in [-0.2, 0) is 44.4 Å². The van der Waals surface area contributed by atoms with Gasteiger partial charge in [-0.25, -0.2) is 0 Å². The summed E-state index contributed by atoms with van der Waals surface area (Å²) in [6.07, 6.45) is -13.4. The monoisotopic (exact) mass is 729 g/mol. The number of carbonyl (C=O) groups is 1. The third-order valence-corrected chi connectivity index (χ3v) is 4.55. The van der Waals surface area contributed by atoms with Gasteiger partial charge in [-0.05, 0) is 36.7 Å². The first-order valence-electron chi connectivity index (χ1n) is 10.1. The molecule has 38 heavy (non-hydrogen) atoms. The van der Waals surface area contributed by atoms with Gasteiger partial charge in [-0.15, -0.1) is 23.8 Å². The van der Waals surface area contributed by atoms with E-state index in [2.05, 4.69) is 11.1 Å². The number of nitrogens with zero attached hydrogens (tertiary/aromatic N) is 1. The largest absolute Gasteiger partial charge is 0.512 e. The molecule has 0 radical (unpaired) electrons. The molecular weight excluding hydrogens is 712 g/mol. The summed E-state index contributed by atoms with van der Waals surface area (Å²) >= 11 is 0. The zero-order valence-electron chi connectivity index (χ0n) is 19.3. The van der Waals surface area contributed by atoms with E-state index >= 15 is 0 Å². The van der Waals surface area contributed by atoms with Crippen molar-refractivity contribution in [2.24, 2.45) is 0 Å². The fourth-order valence-electron chi connectivity index (χ4n) is 3.21. The van der Waals surface area contributed by atoms with Gasteiger partial charge in [0.15, 0.2) is 5.78 Å². The number of rotatable bonds is 3. The van der Waals surface area contributed by atoms with E-state index in [1.165, 1.54) is 44.3 Å². The van der Waals surface area contributed by atoms with Crippen molar-refractivity contribution in [3.05, 3.63) is 89.3 Å². The summed E-state index contributed by atoms with van der Waals surface area (Å²) < 4.78 is 122. The molecule has 0 fully saturated rings. The van der Waals surface area contributed by atoms with Crippen LogP contribution in [0.15, 0.2) is 66.6 Å². The first-order valence-corrected chi connectivity index (χ1v) is 10.1. The Bertz CT molecular complexity index is 1250. The van der Waals surface area contributed by atoms with Crippen LogP contribution in [0.5, 0.6) is 0 Å². The number of ketones is 1. The van der Waals surface area contributed by atoms with Crippen LogP contribution < -0.4 is 0 Å². The molecule has 0 saturated heterocycles. The van der Waals surface area contributed by atoms with Crippen LogP contribution in [0.2, 0.25) is 0 Å². The fourth-order valence-corrected chi connectivity index (χ4v) is 3.21. The molecule has 0 unspecified atom stereocenters. The van der Waals surface area contributed by atoms with Gasteiger partial charge in [0.25, 0.3) is 0 Å². The van der Waals surface area contributed by atoms with Crippen molar-refractivity contribution in [3.8, 4) is 22.4 Å². The predicted molar refractivity (Wildman–Crippen MR) is 116 cm³/mol. The summed E-state index contributed by atoms with van der Waals surface area (Å²) in [7, 11) is 0. The van der Waals surface area contributed by atoms with Crippen LogP contribution in [0.4, 0.5) is 39.5 Å². The Labute approximate surface area is 225 Å². The van der Waals surface area contributed by atoms with Crippen molar-refractivity contribution in [1.29, 1.82) is 0 Å². The summed E-state index contributed by atoms with van der Waals surface area (Å²) in [4.78, 5) is 13.8. The molecule has 0 aliphatic carbocycles. The molecule has 2 aromatic carbocycles. The first-order chi connectivity index (χ1) is 16.9. The second-order valence-corrected chi connectivity index (χ2v) is 7.51. The van der Waals surface area contributed by atoms with Gasteiger partial charge in [-0.2, -0.15) is 39.5 Å². The number of hydrogen-bond donors (Lipinski definition) is 1. The van der Waals surface area contributed by atoms with Crippen molar-refractivity contribution < 1.29 is 70.5 Å². The van der Waals surface area contributed by atoms with Crippen molar-refractivity contribution in [2.75, 3.05) is 0 Å². The number of alkyl halides is 9. The van der Waals surface area contributed by atoms with E-state index in [0.29, 0.717) is 30.3 Å². The number of allylic oxidation sites excluding steroid dienone is 2. The topological polar surface area (TPSA) is 50.2 Å². The Hall–Kier alpha value is -3.14. The Balaban J connectivity index is 0.000000797. The molecule has 3 rings (SSSR count). The predicted octanol–water partition coefficient (Wildman–Crippen LogP) is 8.31. The molecule has 208 valence electrons. The molecule has 1 aromatic heterocycles. The van der Waals surface area contributed by atoms with Gasteiger partial charge in [0.05, 0.1) is 16.9 Å². The number of aromatic nitrogens is 1. The summed E-state index contributed by atoms with van der Waals surface area (Å²) in [5.74, 6) is -0.0625. The molecule has 0 spiro atoms. The zero-order valence-corrected chi connectivity index (χ0v) is 21.6. The molecule has 0 saturated carbocycles. The summed E-state index contributed by atoms with van der Waals surface area (Å²) in [5.41, 5.74) is -8.41. The van der Waals surface area contributed by atoms with Crippen LogP contribution in [0, 0.1) is 6.07 Å². The van der Waals surface area contributed by atoms with Gasteiger partial charge >= 0.3 is 18.5 Å². The van der Waals surface area contributed by atoms with Gasteiger partial charge in [-0.1, -0.05) is 35.9 Å². The van der Waals surface area contributed by atoms with Crippen molar-refractivity contribution in [3.63, 3.8) is 0 Å². The van der Waals surface area contributed by atoms with Gasteiger partial charge in [-0.3, -0.25) is 4.79 Å². The second kappa shape index (κ2) is 12.6. The molecule has 0 bridgehead atoms. The summed E-state index contributed by atoms with van der Waals surface area (Å²) in [5, 5.41) is 8.36. The minimum atomic E-state index is -5.32. The minimum Gasteiger partial charge on any atom is -0.512 e. The normalized spacial score (nSPS) is 12.2. The van der Waals surface area contributed by atoms with E-state index < -0.39 is 46.3 Å². The van der Waals surface area contributed by atoms with Crippen LogP contribution in [0.3, 0.4) is 0 Å². The van der Waals surface area contributed by atoms with Gasteiger partial charge in [0.1, 0.15) is 0 Å². The van der Waals surface area contributed by atoms with Gasteiger partial charge in [0.2, 0.25) is 0 Å². The summed E-state index contributed by atoms with van der Waals surface area (Å²) in [6, 6.07) is 8.61. The number of pyridine rings is 1. The molecule has 3 nitrogen and oxygen atoms in total. The van der Waals surface area contributed by atoms with E-state index in [1.807, 2.05) is 0 Å². The Morgan fingerprint density at radius 2 is 1.37 bits per heavy atom. The standard InChI is InChI=1S/C20H9F9N.C5H8O2.Pt/c21-18(22,23)13-4-3-5-14(19(24,25)26)17(13)12-8-7-11(10-15(12)20(27,28)29)16-6-1-2-9-30-16;1-4(6)3-5(2)7;/h1-6,8-10H;3,6H,1-2H3;/q-1;;/b;4-3-;. The van der Waals surface area contributed by atoms with E-state index in [0.717, 1.165) is 0 Å². The average molecular weight is 729 g/mol. The molecule has 1 N–H and O–H groups in total. The number of hydrogen-bond acceptors (Lipinski definition) is 3. The van der Waals surface area contributed by atoms with Crippen LogP contribution >= 0.6 is 0 Å². The minimum absolute atomic E-state index is 0. The first kappa shape index (κ1) is 32.9. The number of aliphatic hydroxyl groups is 1. The van der Waals surface area contributed by atoms with Crippen molar-refractivity contribution in [1.82, 2.24) is 4.98 Å². The molecule has 1 heterocycles. The fraction of sp³-hybridized carbons (Fsp3) is 0.200. The number of halogens is 9. The zero-order chi connectivity index (χ0) is 28.2. The molecule has 0 aliphatic rings. The SMILES string of the molecule is CC(=O)/C=C(/C)O.FC(F)(F)c1cc(-c2ccccn2)[c-]cc1-c1c(C(F)(F)F)cccc1C(F)(F)F.[Pt]. The third kappa shape index (κ3) is 8.72. The van der Waals surface area contributed by atoms with E-state index in [9.17, 15) is 44.3 Å². The van der Waals surface area contributed by atoms with E-state index in [1.54, 1.807) is 0 Å². The van der Waals surface area contributed by atoms with E-state index in [4.69, 9.17) is 5.11 Å². The second-order valence-electron chi connectivity index (χ2n) is 7.51. The summed E-state index contributed by atoms with van der Waals surface area (Å²) in [6.45, 7) is 2.85. The smallest absolute Gasteiger partial charge is 0.416 e. The number of aliphatic hydroxyl groups excluding tert-OH is 1. The Morgan fingerprint density at radius 1 is 0.842 bits per heavy atom. The van der Waals surface area contributed by atoms with Crippen LogP contribution in [-0.4, -0.2) is 15.9 Å². The Morgan fingerprint density at radius 3 is 1.74 bits per heavy atom. The Kier molecular flexibility index (Phi) is 10.9. The molecule has 0 amide bonds. The molecule has 0 atom stereocenters. The molecule has 0 aliphatic heterocycles. The van der Waals surface area contributed by atoms with Gasteiger partial charge in [0, 0.05) is 33.3 Å². The molecule has 3 aromatic rings. The average Bonchev–Trinajstić information content (AvgIpc) is 2.76. The van der Waals surface area contributed by atoms with Crippen LogP contribution in [0.25, 0.3) is 22.4 Å². The van der Waals surface area contributed by atoms with Crippen molar-refractivity contribution in [2.45, 2.75) is 32.4 Å². The maximum Gasteiger partial charge on any atom is 0.416 e. The van der Waals surface area contributed by atoms with Crippen molar-refractivity contribution >= 4 is 5.78 Å². The number of carbonyl (C=O) groups excluding carboxylic acids is 1. The molecule has 13 heteroatoms. The molecular formula is C25H17F9NO2Pt-. The number of benzene rings is 2. The van der Waals surface area contributed by atoms with Gasteiger partial charge < -0.3 is 10.1 Å². The maximum atomic E-state index is 13.7. The third-order valence-electron chi connectivity index (χ3n) is 4.55. The van der Waals surface area contributed by atoms with E-state index in [-0.39, 0.29) is 43.9 Å². The van der Waals surface area contributed by atoms with Crippen LogP contribution in [0.1, 0.15) is 30.5 Å². The maximum absolute atomic E-state index is 13.7. The quantitative estimate of drug-likeness (QED) is 0.128.